The van der Waals surface area contributed by atoms with Crippen molar-refractivity contribution in [2.75, 3.05) is 39.3 Å². The predicted molar refractivity (Wildman–Crippen MR) is 80.1 cm³/mol. The molecule has 108 valence electrons. The van der Waals surface area contributed by atoms with Crippen molar-refractivity contribution in [2.24, 2.45) is 5.92 Å². The van der Waals surface area contributed by atoms with Gasteiger partial charge in [-0.25, -0.2) is 4.98 Å². The Bertz CT molecular complexity index is 357. The van der Waals surface area contributed by atoms with E-state index in [1.807, 2.05) is 11.6 Å². The molecule has 1 aromatic rings. The molecule has 0 amide bonds. The fourth-order valence-electron chi connectivity index (χ4n) is 2.84. The van der Waals surface area contributed by atoms with Crippen LogP contribution in [0.15, 0.2) is 11.6 Å². The first kappa shape index (κ1) is 15.2. The van der Waals surface area contributed by atoms with Gasteiger partial charge in [0.2, 0.25) is 0 Å². The lowest BCUT2D eigenvalue weighted by molar-refractivity contribution is -0.0357. The van der Waals surface area contributed by atoms with Crippen molar-refractivity contribution in [1.29, 1.82) is 0 Å². The summed E-state index contributed by atoms with van der Waals surface area (Å²) in [7, 11) is 0. The van der Waals surface area contributed by atoms with Gasteiger partial charge in [0.25, 0.3) is 0 Å². The topological polar surface area (TPSA) is 37.4 Å². The molecule has 1 N–H and O–H groups in total. The maximum atomic E-state index is 5.84. The number of morpholine rings is 1. The van der Waals surface area contributed by atoms with Gasteiger partial charge in [0, 0.05) is 31.2 Å². The van der Waals surface area contributed by atoms with Crippen LogP contribution in [-0.2, 0) is 4.74 Å². The highest BCUT2D eigenvalue weighted by Crippen LogP contribution is 2.25. The van der Waals surface area contributed by atoms with Crippen LogP contribution in [-0.4, -0.2) is 49.2 Å². The third-order valence-electron chi connectivity index (χ3n) is 3.85. The number of ether oxygens (including phenoxy) is 1. The summed E-state index contributed by atoms with van der Waals surface area (Å²) in [6, 6.07) is 0. The minimum Gasteiger partial charge on any atom is -0.368 e. The molecule has 6 heteroatoms. The molecule has 0 radical (unpaired) electrons. The smallest absolute Gasteiger partial charge is 0.123 e. The Balaban J connectivity index is 0.00000133. The zero-order valence-electron chi connectivity index (χ0n) is 11.1. The zero-order valence-corrected chi connectivity index (χ0v) is 12.7. The number of nitrogens with one attached hydrogen (secondary N) is 1. The molecule has 0 spiro atoms. The van der Waals surface area contributed by atoms with E-state index in [0.717, 1.165) is 30.6 Å². The first-order valence-electron chi connectivity index (χ1n) is 6.86. The summed E-state index contributed by atoms with van der Waals surface area (Å²) in [4.78, 5) is 6.94. The van der Waals surface area contributed by atoms with Crippen molar-refractivity contribution >= 4 is 23.7 Å². The van der Waals surface area contributed by atoms with Crippen molar-refractivity contribution < 1.29 is 4.74 Å². The molecule has 3 rings (SSSR count). The lowest BCUT2D eigenvalue weighted by Crippen LogP contribution is -2.43. The molecule has 0 saturated carbocycles. The molecule has 2 aliphatic heterocycles. The summed E-state index contributed by atoms with van der Waals surface area (Å²) >= 11 is 1.70. The van der Waals surface area contributed by atoms with Crippen molar-refractivity contribution in [3.05, 3.63) is 16.6 Å². The van der Waals surface area contributed by atoms with Crippen LogP contribution in [0, 0.1) is 5.92 Å². The normalized spacial score (nSPS) is 26.0. The van der Waals surface area contributed by atoms with Crippen LogP contribution in [0.3, 0.4) is 0 Å². The first-order chi connectivity index (χ1) is 8.92. The van der Waals surface area contributed by atoms with Gasteiger partial charge in [-0.05, 0) is 31.8 Å². The van der Waals surface area contributed by atoms with Gasteiger partial charge in [-0.1, -0.05) is 0 Å². The Labute approximate surface area is 125 Å². The van der Waals surface area contributed by atoms with Crippen LogP contribution in [0.4, 0.5) is 0 Å². The maximum Gasteiger partial charge on any atom is 0.123 e. The van der Waals surface area contributed by atoms with E-state index in [0.29, 0.717) is 0 Å². The monoisotopic (exact) mass is 303 g/mol. The van der Waals surface area contributed by atoms with E-state index in [9.17, 15) is 0 Å². The number of piperidine rings is 1. The van der Waals surface area contributed by atoms with E-state index in [4.69, 9.17) is 4.74 Å². The Morgan fingerprint density at radius 1 is 1.42 bits per heavy atom. The number of nitrogens with zero attached hydrogens (tertiary/aromatic N) is 2. The number of halogens is 1. The molecule has 2 aliphatic rings. The molecule has 4 nitrogen and oxygen atoms in total. The molecule has 19 heavy (non-hydrogen) atoms. The van der Waals surface area contributed by atoms with Crippen molar-refractivity contribution in [3.63, 3.8) is 0 Å². The highest BCUT2D eigenvalue weighted by atomic mass is 35.5. The van der Waals surface area contributed by atoms with E-state index in [1.165, 1.54) is 32.5 Å². The third-order valence-corrected chi connectivity index (χ3v) is 4.72. The lowest BCUT2D eigenvalue weighted by Gasteiger charge is -2.35. The maximum absolute atomic E-state index is 5.84. The molecule has 1 atom stereocenters. The summed E-state index contributed by atoms with van der Waals surface area (Å²) in [6.45, 7) is 6.53. The molecule has 2 saturated heterocycles. The molecule has 1 aromatic heterocycles. The highest BCUT2D eigenvalue weighted by Gasteiger charge is 2.25. The fraction of sp³-hybridized carbons (Fsp3) is 0.769. The molecule has 0 bridgehead atoms. The van der Waals surface area contributed by atoms with Gasteiger partial charge in [-0.2, -0.15) is 0 Å². The Morgan fingerprint density at radius 3 is 3.00 bits per heavy atom. The molecular weight excluding hydrogens is 282 g/mol. The minimum atomic E-state index is 0. The van der Waals surface area contributed by atoms with Crippen molar-refractivity contribution in [3.8, 4) is 0 Å². The van der Waals surface area contributed by atoms with Gasteiger partial charge in [-0.3, -0.25) is 4.90 Å². The van der Waals surface area contributed by atoms with E-state index in [1.54, 1.807) is 11.3 Å². The zero-order chi connectivity index (χ0) is 12.2. The molecular formula is C13H22ClN3OS. The average molecular weight is 304 g/mol. The third kappa shape index (κ3) is 4.13. The predicted octanol–water partition coefficient (Wildman–Crippen LogP) is 1.94. The Morgan fingerprint density at radius 2 is 2.26 bits per heavy atom. The SMILES string of the molecule is Cl.c1csc(C2CN(CC3CCNCC3)CCO2)n1. The van der Waals surface area contributed by atoms with Crippen LogP contribution in [0.2, 0.25) is 0 Å². The van der Waals surface area contributed by atoms with E-state index < -0.39 is 0 Å². The minimum absolute atomic E-state index is 0. The number of aromatic nitrogens is 1. The molecule has 1 unspecified atom stereocenters. The highest BCUT2D eigenvalue weighted by molar-refractivity contribution is 7.09. The van der Waals surface area contributed by atoms with Gasteiger partial charge < -0.3 is 10.1 Å². The number of hydrogen-bond acceptors (Lipinski definition) is 5. The molecule has 0 aromatic carbocycles. The summed E-state index contributed by atoms with van der Waals surface area (Å²) in [5.41, 5.74) is 0. The number of hydrogen-bond donors (Lipinski definition) is 1. The fourth-order valence-corrected chi connectivity index (χ4v) is 3.52. The summed E-state index contributed by atoms with van der Waals surface area (Å²) in [5, 5.41) is 6.59. The van der Waals surface area contributed by atoms with Gasteiger partial charge in [0.05, 0.1) is 6.61 Å². The Hall–Kier alpha value is -0.200. The van der Waals surface area contributed by atoms with Crippen LogP contribution in [0.25, 0.3) is 0 Å². The summed E-state index contributed by atoms with van der Waals surface area (Å²) < 4.78 is 5.84. The van der Waals surface area contributed by atoms with Gasteiger partial charge in [0.1, 0.15) is 11.1 Å². The van der Waals surface area contributed by atoms with Crippen LogP contribution in [0.1, 0.15) is 24.0 Å². The van der Waals surface area contributed by atoms with E-state index in [-0.39, 0.29) is 18.5 Å². The standard InChI is InChI=1S/C13H21N3OS.ClH/c1-3-14-4-2-11(1)9-16-6-7-17-12(10-16)13-15-5-8-18-13;/h5,8,11-12,14H,1-4,6-7,9-10H2;1H. The van der Waals surface area contributed by atoms with E-state index >= 15 is 0 Å². The number of rotatable bonds is 3. The largest absolute Gasteiger partial charge is 0.368 e. The number of thiazole rings is 1. The average Bonchev–Trinajstić information content (AvgIpc) is 2.94. The Kier molecular flexibility index (Phi) is 6.04. The van der Waals surface area contributed by atoms with Crippen LogP contribution >= 0.6 is 23.7 Å². The summed E-state index contributed by atoms with van der Waals surface area (Å²) in [6.07, 6.45) is 4.70. The summed E-state index contributed by atoms with van der Waals surface area (Å²) in [5.74, 6) is 0.862. The quantitative estimate of drug-likeness (QED) is 0.926. The second-order valence-electron chi connectivity index (χ2n) is 5.18. The van der Waals surface area contributed by atoms with Crippen molar-refractivity contribution in [1.82, 2.24) is 15.2 Å². The van der Waals surface area contributed by atoms with Gasteiger partial charge in [-0.15, -0.1) is 23.7 Å². The molecule has 2 fully saturated rings. The van der Waals surface area contributed by atoms with E-state index in [2.05, 4.69) is 15.2 Å². The van der Waals surface area contributed by atoms with Crippen molar-refractivity contribution in [2.45, 2.75) is 18.9 Å². The first-order valence-corrected chi connectivity index (χ1v) is 7.74. The van der Waals surface area contributed by atoms with Gasteiger partial charge >= 0.3 is 0 Å². The van der Waals surface area contributed by atoms with Crippen LogP contribution in [0.5, 0.6) is 0 Å². The lowest BCUT2D eigenvalue weighted by atomic mass is 9.97. The van der Waals surface area contributed by atoms with Crippen LogP contribution < -0.4 is 5.32 Å². The second kappa shape index (κ2) is 7.55. The molecule has 3 heterocycles. The second-order valence-corrected chi connectivity index (χ2v) is 6.11. The molecule has 0 aliphatic carbocycles. The van der Waals surface area contributed by atoms with Gasteiger partial charge in [0.15, 0.2) is 0 Å².